The highest BCUT2D eigenvalue weighted by atomic mass is 32.1. The van der Waals surface area contributed by atoms with Crippen molar-refractivity contribution in [2.75, 3.05) is 24.8 Å². The number of carbonyl (C=O) groups is 1. The molecule has 1 atom stereocenters. The van der Waals surface area contributed by atoms with Gasteiger partial charge >= 0.3 is 0 Å². The van der Waals surface area contributed by atoms with Gasteiger partial charge in [-0.1, -0.05) is 0 Å². The number of carbonyl (C=O) groups excluding carboxylic acids is 1. The fourth-order valence-corrected chi connectivity index (χ4v) is 3.41. The van der Waals surface area contributed by atoms with E-state index in [2.05, 4.69) is 15.2 Å². The standard InChI is InChI=1S/C15H15N3O3S/c19-14(10-1-2-12-13(7-10)21-9-20-12)17-11-3-5-18(8-11)15-16-4-6-22-15/h1-2,4,6-7,11H,3,5,8-9H2,(H,17,19)/t11-/m0/s1. The third-order valence-electron chi connectivity index (χ3n) is 3.85. The lowest BCUT2D eigenvalue weighted by molar-refractivity contribution is 0.0940. The number of nitrogens with one attached hydrogen (secondary N) is 1. The molecule has 7 heteroatoms. The molecule has 4 rings (SSSR count). The quantitative estimate of drug-likeness (QED) is 0.936. The number of hydrogen-bond donors (Lipinski definition) is 1. The Bertz CT molecular complexity index is 689. The summed E-state index contributed by atoms with van der Waals surface area (Å²) in [5, 5.41) is 6.06. The second kappa shape index (κ2) is 5.49. The summed E-state index contributed by atoms with van der Waals surface area (Å²) >= 11 is 1.62. The predicted octanol–water partition coefficient (Wildman–Crippen LogP) is 1.88. The van der Waals surface area contributed by atoms with E-state index in [9.17, 15) is 4.79 Å². The summed E-state index contributed by atoms with van der Waals surface area (Å²) in [4.78, 5) is 18.9. The van der Waals surface area contributed by atoms with E-state index < -0.39 is 0 Å². The van der Waals surface area contributed by atoms with Gasteiger partial charge in [0.1, 0.15) is 0 Å². The van der Waals surface area contributed by atoms with E-state index in [0.717, 1.165) is 24.6 Å². The van der Waals surface area contributed by atoms with Crippen LogP contribution < -0.4 is 19.7 Å². The van der Waals surface area contributed by atoms with Crippen LogP contribution in [0.5, 0.6) is 11.5 Å². The summed E-state index contributed by atoms with van der Waals surface area (Å²) in [6.07, 6.45) is 2.73. The monoisotopic (exact) mass is 317 g/mol. The Labute approximate surface area is 131 Å². The molecular weight excluding hydrogens is 302 g/mol. The Balaban J connectivity index is 1.40. The molecule has 2 aliphatic rings. The van der Waals surface area contributed by atoms with Crippen LogP contribution in [0.1, 0.15) is 16.8 Å². The summed E-state index contributed by atoms with van der Waals surface area (Å²) in [5.74, 6) is 1.24. The first-order chi connectivity index (χ1) is 10.8. The van der Waals surface area contributed by atoms with Gasteiger partial charge in [0.25, 0.3) is 5.91 Å². The van der Waals surface area contributed by atoms with Crippen LogP contribution in [0.2, 0.25) is 0 Å². The topological polar surface area (TPSA) is 63.7 Å². The fraction of sp³-hybridized carbons (Fsp3) is 0.333. The molecule has 1 aromatic heterocycles. The average molecular weight is 317 g/mol. The molecule has 2 aliphatic heterocycles. The summed E-state index contributed by atoms with van der Waals surface area (Å²) in [6.45, 7) is 1.93. The highest BCUT2D eigenvalue weighted by Crippen LogP contribution is 2.32. The molecule has 1 fully saturated rings. The number of amides is 1. The van der Waals surface area contributed by atoms with Gasteiger partial charge in [0.2, 0.25) is 6.79 Å². The second-order valence-corrected chi connectivity index (χ2v) is 6.16. The van der Waals surface area contributed by atoms with Gasteiger partial charge in [-0.3, -0.25) is 4.79 Å². The van der Waals surface area contributed by atoms with Crippen LogP contribution in [0.25, 0.3) is 0 Å². The van der Waals surface area contributed by atoms with Gasteiger partial charge in [0, 0.05) is 36.3 Å². The Kier molecular flexibility index (Phi) is 3.34. The number of benzene rings is 1. The first-order valence-corrected chi connectivity index (χ1v) is 8.02. The third-order valence-corrected chi connectivity index (χ3v) is 4.68. The Hall–Kier alpha value is -2.28. The first kappa shape index (κ1) is 13.4. The van der Waals surface area contributed by atoms with Gasteiger partial charge in [0.15, 0.2) is 16.6 Å². The molecule has 0 spiro atoms. The van der Waals surface area contributed by atoms with Crippen LogP contribution >= 0.6 is 11.3 Å². The van der Waals surface area contributed by atoms with Crippen molar-refractivity contribution in [1.29, 1.82) is 0 Å². The van der Waals surface area contributed by atoms with Gasteiger partial charge in [-0.2, -0.15) is 0 Å². The first-order valence-electron chi connectivity index (χ1n) is 7.14. The van der Waals surface area contributed by atoms with E-state index in [-0.39, 0.29) is 18.7 Å². The number of hydrogen-bond acceptors (Lipinski definition) is 6. The molecule has 6 nitrogen and oxygen atoms in total. The molecule has 0 saturated carbocycles. The molecule has 1 aromatic carbocycles. The largest absolute Gasteiger partial charge is 0.454 e. The highest BCUT2D eigenvalue weighted by Gasteiger charge is 2.26. The number of aromatic nitrogens is 1. The van der Waals surface area contributed by atoms with Crippen molar-refractivity contribution in [3.05, 3.63) is 35.3 Å². The zero-order valence-corrected chi connectivity index (χ0v) is 12.6. The molecule has 0 unspecified atom stereocenters. The van der Waals surface area contributed by atoms with Crippen LogP contribution in [0, 0.1) is 0 Å². The molecule has 3 heterocycles. The molecule has 114 valence electrons. The van der Waals surface area contributed by atoms with Crippen molar-refractivity contribution in [3.63, 3.8) is 0 Å². The molecule has 0 radical (unpaired) electrons. The smallest absolute Gasteiger partial charge is 0.251 e. The number of rotatable bonds is 3. The highest BCUT2D eigenvalue weighted by molar-refractivity contribution is 7.13. The predicted molar refractivity (Wildman–Crippen MR) is 82.8 cm³/mol. The Morgan fingerprint density at radius 2 is 2.27 bits per heavy atom. The van der Waals surface area contributed by atoms with E-state index in [1.807, 2.05) is 5.38 Å². The van der Waals surface area contributed by atoms with E-state index in [1.54, 1.807) is 35.7 Å². The van der Waals surface area contributed by atoms with Gasteiger partial charge in [-0.25, -0.2) is 4.98 Å². The van der Waals surface area contributed by atoms with Crippen LogP contribution in [0.15, 0.2) is 29.8 Å². The second-order valence-electron chi connectivity index (χ2n) is 5.29. The van der Waals surface area contributed by atoms with Crippen molar-refractivity contribution >= 4 is 22.4 Å². The van der Waals surface area contributed by atoms with Gasteiger partial charge in [-0.05, 0) is 24.6 Å². The van der Waals surface area contributed by atoms with Gasteiger partial charge in [0.05, 0.1) is 0 Å². The Morgan fingerprint density at radius 3 is 3.14 bits per heavy atom. The molecule has 1 saturated heterocycles. The minimum absolute atomic E-state index is 0.0794. The molecular formula is C15H15N3O3S. The van der Waals surface area contributed by atoms with E-state index in [4.69, 9.17) is 9.47 Å². The van der Waals surface area contributed by atoms with E-state index in [0.29, 0.717) is 17.1 Å². The normalized spacial score (nSPS) is 19.5. The lowest BCUT2D eigenvalue weighted by Crippen LogP contribution is -2.37. The van der Waals surface area contributed by atoms with Gasteiger partial charge < -0.3 is 19.7 Å². The SMILES string of the molecule is O=C(N[C@H]1CCN(c2nccs2)C1)c1ccc2c(c1)OCO2. The van der Waals surface area contributed by atoms with Gasteiger partial charge in [-0.15, -0.1) is 11.3 Å². The summed E-state index contributed by atoms with van der Waals surface area (Å²) < 4.78 is 10.6. The number of anilines is 1. The van der Waals surface area contributed by atoms with Crippen molar-refractivity contribution in [2.24, 2.45) is 0 Å². The summed E-state index contributed by atoms with van der Waals surface area (Å²) in [6, 6.07) is 5.40. The average Bonchev–Trinajstić information content (AvgIpc) is 3.27. The minimum Gasteiger partial charge on any atom is -0.454 e. The van der Waals surface area contributed by atoms with E-state index >= 15 is 0 Å². The maximum absolute atomic E-state index is 12.4. The zero-order chi connectivity index (χ0) is 14.9. The maximum atomic E-state index is 12.4. The maximum Gasteiger partial charge on any atom is 0.251 e. The van der Waals surface area contributed by atoms with Crippen LogP contribution in [0.4, 0.5) is 5.13 Å². The minimum atomic E-state index is -0.0794. The van der Waals surface area contributed by atoms with Crippen molar-refractivity contribution in [1.82, 2.24) is 10.3 Å². The number of fused-ring (bicyclic) bond motifs is 1. The van der Waals surface area contributed by atoms with E-state index in [1.165, 1.54) is 0 Å². The zero-order valence-electron chi connectivity index (χ0n) is 11.8. The summed E-state index contributed by atoms with van der Waals surface area (Å²) in [7, 11) is 0. The fourth-order valence-electron chi connectivity index (χ4n) is 2.73. The van der Waals surface area contributed by atoms with Crippen LogP contribution in [-0.4, -0.2) is 36.8 Å². The van der Waals surface area contributed by atoms with Crippen molar-refractivity contribution < 1.29 is 14.3 Å². The van der Waals surface area contributed by atoms with Crippen LogP contribution in [-0.2, 0) is 0 Å². The van der Waals surface area contributed by atoms with Crippen molar-refractivity contribution in [2.45, 2.75) is 12.5 Å². The summed E-state index contributed by atoms with van der Waals surface area (Å²) in [5.41, 5.74) is 0.594. The molecule has 1 amide bonds. The number of nitrogens with zero attached hydrogens (tertiary/aromatic N) is 2. The number of thiazole rings is 1. The molecule has 0 aliphatic carbocycles. The number of ether oxygens (including phenoxy) is 2. The molecule has 1 N–H and O–H groups in total. The molecule has 2 aromatic rings. The molecule has 22 heavy (non-hydrogen) atoms. The third kappa shape index (κ3) is 2.48. The van der Waals surface area contributed by atoms with Crippen LogP contribution in [0.3, 0.4) is 0 Å². The molecule has 0 bridgehead atoms. The lowest BCUT2D eigenvalue weighted by Gasteiger charge is -2.15. The Morgan fingerprint density at radius 1 is 1.36 bits per heavy atom. The lowest BCUT2D eigenvalue weighted by atomic mass is 10.1. The van der Waals surface area contributed by atoms with Crippen molar-refractivity contribution in [3.8, 4) is 11.5 Å².